The summed E-state index contributed by atoms with van der Waals surface area (Å²) >= 11 is 0. The smallest absolute Gasteiger partial charge is 0.0639 e. The summed E-state index contributed by atoms with van der Waals surface area (Å²) in [6.07, 6.45) is 92.0. The molecule has 0 aliphatic rings. The van der Waals surface area contributed by atoms with E-state index >= 15 is 0 Å². The Labute approximate surface area is 517 Å². The van der Waals surface area contributed by atoms with E-state index in [1.165, 1.54) is 345 Å². The van der Waals surface area contributed by atoms with Crippen molar-refractivity contribution in [2.24, 2.45) is 9.98 Å². The average molecular weight is 1160 g/mol. The first-order valence-corrected chi connectivity index (χ1v) is 36.4. The van der Waals surface area contributed by atoms with E-state index in [1.54, 1.807) is 0 Å². The van der Waals surface area contributed by atoms with Crippen molar-refractivity contribution in [2.75, 3.05) is 0 Å². The van der Waals surface area contributed by atoms with Gasteiger partial charge in [-0.15, -0.1) is 0 Å². The Morgan fingerprint density at radius 3 is 0.827 bits per heavy atom. The van der Waals surface area contributed by atoms with Gasteiger partial charge in [-0.2, -0.15) is 0 Å². The van der Waals surface area contributed by atoms with Crippen LogP contribution in [0.4, 0.5) is 11.4 Å². The molecule has 0 unspecified atom stereocenters. The minimum Gasteiger partial charge on any atom is -0.255 e. The number of benzene rings is 2. The molecule has 0 amide bonds. The first-order valence-electron chi connectivity index (χ1n) is 36.4. The minimum absolute atomic E-state index is 0. The van der Waals surface area contributed by atoms with Gasteiger partial charge in [0.2, 0.25) is 0 Å². The Hall–Kier alpha value is -2.25. The fourth-order valence-electron chi connectivity index (χ4n) is 11.8. The molecule has 0 aliphatic carbocycles. The third-order valence-corrected chi connectivity index (χ3v) is 17.2. The maximum Gasteiger partial charge on any atom is 0.0639 e. The number of allylic oxidation sites excluding steroid dienone is 2. The summed E-state index contributed by atoms with van der Waals surface area (Å²) in [4.78, 5) is 10.0. The molecule has 0 saturated carbocycles. The molecule has 0 saturated heterocycles. The molecule has 0 heterocycles. The standard InChI is InChI=1S/C78H136N2.Ni/c1-4-7-10-12-14-16-18-20-22-24-26-28-30-32-34-36-38-40-42-44-46-48-50-52-54-56-58-60-64-74-66-62-69-76(71-74)79-73-78(68-9-6-3)80-77-70-63-67-75(72-77)65-61-59-57-55-53-51-49-47-45-43-41-39-37-35-33-31-29-27-25-23-21-19-17-15-13-11-8-5-2;/h60-67,69-73H,4-59,68H2,1-3H3;. The van der Waals surface area contributed by atoms with Crippen LogP contribution in [-0.2, 0) is 16.5 Å². The first kappa shape index (κ1) is 76.8. The zero-order chi connectivity index (χ0) is 56.8. The van der Waals surface area contributed by atoms with Crippen LogP contribution in [0.15, 0.2) is 70.7 Å². The van der Waals surface area contributed by atoms with Gasteiger partial charge in [0.05, 0.1) is 17.1 Å². The van der Waals surface area contributed by atoms with E-state index in [9.17, 15) is 0 Å². The molecule has 2 nitrogen and oxygen atoms in total. The van der Waals surface area contributed by atoms with Gasteiger partial charge in [-0.3, -0.25) is 9.98 Å². The van der Waals surface area contributed by atoms with E-state index in [1.807, 2.05) is 6.21 Å². The van der Waals surface area contributed by atoms with Crippen molar-refractivity contribution < 1.29 is 16.5 Å². The molecule has 3 heteroatoms. The molecule has 0 atom stereocenters. The predicted octanol–water partition coefficient (Wildman–Crippen LogP) is 28.5. The van der Waals surface area contributed by atoms with Crippen LogP contribution in [0.25, 0.3) is 12.2 Å². The van der Waals surface area contributed by atoms with E-state index in [0.29, 0.717) is 0 Å². The molecule has 0 fully saturated rings. The predicted molar refractivity (Wildman–Crippen MR) is 366 cm³/mol. The van der Waals surface area contributed by atoms with Crippen molar-refractivity contribution in [3.8, 4) is 0 Å². The average Bonchev–Trinajstić information content (AvgIpc) is 3.47. The zero-order valence-corrected chi connectivity index (χ0v) is 55.5. The Morgan fingerprint density at radius 2 is 0.543 bits per heavy atom. The number of nitrogens with zero attached hydrogens (tertiary/aromatic N) is 2. The van der Waals surface area contributed by atoms with Crippen molar-refractivity contribution in [3.05, 3.63) is 71.8 Å². The van der Waals surface area contributed by atoms with Crippen LogP contribution in [0, 0.1) is 0 Å². The molecule has 2 aromatic carbocycles. The van der Waals surface area contributed by atoms with Gasteiger partial charge in [0.25, 0.3) is 0 Å². The normalized spacial score (nSPS) is 12.1. The van der Waals surface area contributed by atoms with E-state index < -0.39 is 0 Å². The van der Waals surface area contributed by atoms with Crippen molar-refractivity contribution >= 4 is 35.5 Å². The van der Waals surface area contributed by atoms with Gasteiger partial charge in [-0.25, -0.2) is 0 Å². The summed E-state index contributed by atoms with van der Waals surface area (Å²) in [5, 5.41) is 0. The first-order chi connectivity index (χ1) is 39.7. The fraction of sp³-hybridized carbons (Fsp3) is 0.769. The van der Waals surface area contributed by atoms with Gasteiger partial charge in [0.1, 0.15) is 0 Å². The third-order valence-electron chi connectivity index (χ3n) is 17.2. The molecule has 0 aromatic heterocycles. The zero-order valence-electron chi connectivity index (χ0n) is 54.5. The number of rotatable bonds is 62. The molecule has 468 valence electrons. The molecular weight excluding hydrogens is 1020 g/mol. The molecule has 0 bridgehead atoms. The monoisotopic (exact) mass is 1160 g/mol. The summed E-state index contributed by atoms with van der Waals surface area (Å²) in [7, 11) is 0. The van der Waals surface area contributed by atoms with Gasteiger partial charge in [-0.1, -0.05) is 397 Å². The summed E-state index contributed by atoms with van der Waals surface area (Å²) in [6, 6.07) is 17.4. The fourth-order valence-corrected chi connectivity index (χ4v) is 11.8. The summed E-state index contributed by atoms with van der Waals surface area (Å²) in [5.41, 5.74) is 5.55. The van der Waals surface area contributed by atoms with Crippen molar-refractivity contribution in [1.82, 2.24) is 0 Å². The van der Waals surface area contributed by atoms with Gasteiger partial charge < -0.3 is 0 Å². The second-order valence-electron chi connectivity index (χ2n) is 25.2. The van der Waals surface area contributed by atoms with Crippen LogP contribution in [0.5, 0.6) is 0 Å². The molecule has 2 aromatic rings. The molecule has 0 aliphatic heterocycles. The Kier molecular flexibility index (Phi) is 60.4. The van der Waals surface area contributed by atoms with E-state index in [-0.39, 0.29) is 16.5 Å². The maximum atomic E-state index is 5.11. The van der Waals surface area contributed by atoms with Crippen molar-refractivity contribution in [3.63, 3.8) is 0 Å². The Balaban J connectivity index is 0.0000328. The van der Waals surface area contributed by atoms with Gasteiger partial charge in [0.15, 0.2) is 0 Å². The minimum atomic E-state index is 0. The number of hydrogen-bond acceptors (Lipinski definition) is 2. The maximum absolute atomic E-state index is 5.11. The number of aliphatic imine (C=N–C) groups is 2. The third kappa shape index (κ3) is 54.2. The molecule has 0 spiro atoms. The van der Waals surface area contributed by atoms with Crippen molar-refractivity contribution in [1.29, 1.82) is 0 Å². The van der Waals surface area contributed by atoms with Crippen molar-refractivity contribution in [2.45, 2.75) is 387 Å². The van der Waals surface area contributed by atoms with Crippen LogP contribution < -0.4 is 0 Å². The molecule has 0 N–H and O–H groups in total. The Bertz CT molecular complexity index is 1690. The number of hydrogen-bond donors (Lipinski definition) is 0. The molecular formula is C78H136N2Ni. The summed E-state index contributed by atoms with van der Waals surface area (Å²) in [6.45, 7) is 6.87. The number of unbranched alkanes of at least 4 members (excludes halogenated alkanes) is 53. The van der Waals surface area contributed by atoms with E-state index in [0.717, 1.165) is 49.2 Å². The van der Waals surface area contributed by atoms with Gasteiger partial charge >= 0.3 is 0 Å². The van der Waals surface area contributed by atoms with Crippen LogP contribution in [0.2, 0.25) is 0 Å². The van der Waals surface area contributed by atoms with E-state index in [2.05, 4.69) is 93.6 Å². The molecule has 0 radical (unpaired) electrons. The summed E-state index contributed by atoms with van der Waals surface area (Å²) < 4.78 is 0. The van der Waals surface area contributed by atoms with Crippen LogP contribution in [0.3, 0.4) is 0 Å². The molecule has 81 heavy (non-hydrogen) atoms. The van der Waals surface area contributed by atoms with Crippen LogP contribution in [-0.4, -0.2) is 11.9 Å². The summed E-state index contributed by atoms with van der Waals surface area (Å²) in [5.74, 6) is 0. The SMILES string of the molecule is CCCCCCCCCCCCCCCCCCCCCCCCCCCCC=Cc1cccc(N=CC(CCCC)=Nc2cccc(C=CCCCCCCCCCCCCCCCCCCCCCCCCCCCC)c2)c1.[Ni]. The molecule has 2 rings (SSSR count). The second kappa shape index (κ2) is 63.8. The van der Waals surface area contributed by atoms with Crippen LogP contribution >= 0.6 is 0 Å². The van der Waals surface area contributed by atoms with E-state index in [4.69, 9.17) is 9.98 Å². The van der Waals surface area contributed by atoms with Crippen LogP contribution in [0.1, 0.15) is 398 Å². The topological polar surface area (TPSA) is 24.7 Å². The van der Waals surface area contributed by atoms with Gasteiger partial charge in [-0.05, 0) is 73.9 Å². The van der Waals surface area contributed by atoms with Gasteiger partial charge in [0, 0.05) is 22.7 Å². The largest absolute Gasteiger partial charge is 0.255 e. The quantitative estimate of drug-likeness (QED) is 0.0358. The second-order valence-corrected chi connectivity index (χ2v) is 25.2. The Morgan fingerprint density at radius 1 is 0.296 bits per heavy atom.